The summed E-state index contributed by atoms with van der Waals surface area (Å²) in [4.78, 5) is 23.6. The standard InChI is InChI=1S/C21H27F3N6O2/c1-13-16(20(31)32)10-17-15(19(26-3)27-12-25)4-5-30(17)18(13)14(2)29-8-6-28(7-9-29)11-21(22,23)24/h4-5,10,12,14H,6-9,11H2,1-3H3,(H,31,32)(H2,25,26,27). The summed E-state index contributed by atoms with van der Waals surface area (Å²) in [6.45, 7) is 4.25. The summed E-state index contributed by atoms with van der Waals surface area (Å²) in [5, 5.41) is 9.80. The van der Waals surface area contributed by atoms with Crippen LogP contribution in [0.25, 0.3) is 5.52 Å². The second-order valence-electron chi connectivity index (χ2n) is 7.79. The van der Waals surface area contributed by atoms with Gasteiger partial charge in [0.05, 0.1) is 24.0 Å². The Labute approximate surface area is 183 Å². The number of hydrogen-bond donors (Lipinski definition) is 2. The van der Waals surface area contributed by atoms with Crippen molar-refractivity contribution in [2.24, 2.45) is 15.7 Å². The first kappa shape index (κ1) is 23.7. The zero-order valence-corrected chi connectivity index (χ0v) is 18.2. The SMILES string of the molecule is CN=C(N=CN)c1ccn2c(C(C)N3CCN(CC(F)(F)F)CC3)c(C)c(C(=O)O)cc12. The normalized spacial score (nSPS) is 18.0. The predicted molar refractivity (Wildman–Crippen MR) is 117 cm³/mol. The van der Waals surface area contributed by atoms with Gasteiger partial charge in [0.25, 0.3) is 0 Å². The highest BCUT2D eigenvalue weighted by Crippen LogP contribution is 2.31. The van der Waals surface area contributed by atoms with Crippen LogP contribution in [-0.2, 0) is 0 Å². The molecule has 0 aliphatic carbocycles. The molecule has 1 aliphatic rings. The first-order chi connectivity index (χ1) is 15.1. The van der Waals surface area contributed by atoms with Gasteiger partial charge in [0, 0.05) is 56.7 Å². The molecule has 11 heteroatoms. The van der Waals surface area contributed by atoms with Crippen LogP contribution in [0.2, 0.25) is 0 Å². The van der Waals surface area contributed by atoms with Crippen molar-refractivity contribution in [1.29, 1.82) is 0 Å². The van der Waals surface area contributed by atoms with Gasteiger partial charge in [-0.15, -0.1) is 0 Å². The minimum Gasteiger partial charge on any atom is -0.478 e. The highest BCUT2D eigenvalue weighted by atomic mass is 19.4. The van der Waals surface area contributed by atoms with Gasteiger partial charge in [-0.3, -0.25) is 14.8 Å². The Balaban J connectivity index is 2.01. The summed E-state index contributed by atoms with van der Waals surface area (Å²) in [7, 11) is 1.57. The fourth-order valence-corrected chi connectivity index (χ4v) is 4.34. The zero-order valence-electron chi connectivity index (χ0n) is 18.2. The Kier molecular flexibility index (Phi) is 6.89. The van der Waals surface area contributed by atoms with Gasteiger partial charge in [0.2, 0.25) is 0 Å². The van der Waals surface area contributed by atoms with Crippen LogP contribution in [0, 0.1) is 6.92 Å². The van der Waals surface area contributed by atoms with E-state index in [1.54, 1.807) is 26.1 Å². The van der Waals surface area contributed by atoms with E-state index in [0.717, 1.165) is 12.0 Å². The molecule has 3 heterocycles. The molecular formula is C21H27F3N6O2. The van der Waals surface area contributed by atoms with Crippen molar-refractivity contribution in [2.75, 3.05) is 39.8 Å². The Morgan fingerprint density at radius 1 is 1.28 bits per heavy atom. The van der Waals surface area contributed by atoms with E-state index in [1.807, 2.05) is 17.5 Å². The lowest BCUT2D eigenvalue weighted by Gasteiger charge is -2.39. The number of rotatable bonds is 5. The maximum Gasteiger partial charge on any atom is 0.401 e. The van der Waals surface area contributed by atoms with Gasteiger partial charge in [-0.05, 0) is 31.5 Å². The van der Waals surface area contributed by atoms with E-state index < -0.39 is 18.7 Å². The molecule has 32 heavy (non-hydrogen) atoms. The molecule has 174 valence electrons. The van der Waals surface area contributed by atoms with Gasteiger partial charge in [0.1, 0.15) is 0 Å². The first-order valence-corrected chi connectivity index (χ1v) is 10.2. The Morgan fingerprint density at radius 3 is 2.47 bits per heavy atom. The number of carboxylic acid groups (broad SMARTS) is 1. The van der Waals surface area contributed by atoms with Crippen LogP contribution in [0.3, 0.4) is 0 Å². The number of aliphatic imine (C=N–C) groups is 2. The van der Waals surface area contributed by atoms with Crippen molar-refractivity contribution in [2.45, 2.75) is 26.1 Å². The lowest BCUT2D eigenvalue weighted by molar-refractivity contribution is -0.149. The summed E-state index contributed by atoms with van der Waals surface area (Å²) in [6.07, 6.45) is -1.27. The fourth-order valence-electron chi connectivity index (χ4n) is 4.34. The molecule has 1 atom stereocenters. The number of nitrogens with two attached hydrogens (primary N) is 1. The van der Waals surface area contributed by atoms with Crippen molar-refractivity contribution < 1.29 is 23.1 Å². The van der Waals surface area contributed by atoms with Crippen molar-refractivity contribution in [1.82, 2.24) is 14.2 Å². The van der Waals surface area contributed by atoms with Crippen LogP contribution in [0.5, 0.6) is 0 Å². The van der Waals surface area contributed by atoms with Crippen LogP contribution in [0.4, 0.5) is 13.2 Å². The molecule has 8 nitrogen and oxygen atoms in total. The molecular weight excluding hydrogens is 425 g/mol. The monoisotopic (exact) mass is 452 g/mol. The van der Waals surface area contributed by atoms with E-state index in [9.17, 15) is 23.1 Å². The van der Waals surface area contributed by atoms with E-state index in [0.29, 0.717) is 48.7 Å². The van der Waals surface area contributed by atoms with Gasteiger partial charge in [-0.25, -0.2) is 9.79 Å². The van der Waals surface area contributed by atoms with Gasteiger partial charge in [0.15, 0.2) is 5.84 Å². The Morgan fingerprint density at radius 2 is 1.94 bits per heavy atom. The van der Waals surface area contributed by atoms with Gasteiger partial charge in [-0.1, -0.05) is 0 Å². The molecule has 0 aromatic carbocycles. The minimum atomic E-state index is -4.22. The number of carboxylic acids is 1. The minimum absolute atomic E-state index is 0.155. The predicted octanol–water partition coefficient (Wildman–Crippen LogP) is 2.55. The number of fused-ring (bicyclic) bond motifs is 1. The van der Waals surface area contributed by atoms with Crippen LogP contribution >= 0.6 is 0 Å². The molecule has 1 unspecified atom stereocenters. The average Bonchev–Trinajstić information content (AvgIpc) is 3.13. The highest BCUT2D eigenvalue weighted by Gasteiger charge is 2.33. The molecule has 0 radical (unpaired) electrons. The molecule has 0 spiro atoms. The van der Waals surface area contributed by atoms with E-state index in [-0.39, 0.29) is 11.6 Å². The second-order valence-corrected chi connectivity index (χ2v) is 7.79. The molecule has 3 N–H and O–H groups in total. The number of pyridine rings is 1. The van der Waals surface area contributed by atoms with E-state index in [2.05, 4.69) is 14.9 Å². The molecule has 0 saturated carbocycles. The molecule has 0 amide bonds. The fraction of sp³-hybridized carbons (Fsp3) is 0.476. The maximum absolute atomic E-state index is 12.7. The largest absolute Gasteiger partial charge is 0.478 e. The molecule has 2 aromatic rings. The highest BCUT2D eigenvalue weighted by molar-refractivity contribution is 6.08. The lowest BCUT2D eigenvalue weighted by Crippen LogP contribution is -2.49. The number of alkyl halides is 3. The quantitative estimate of drug-likeness (QED) is 0.537. The third kappa shape index (κ3) is 4.78. The van der Waals surface area contributed by atoms with Crippen molar-refractivity contribution in [3.8, 4) is 0 Å². The van der Waals surface area contributed by atoms with Gasteiger partial charge in [-0.2, -0.15) is 13.2 Å². The average molecular weight is 452 g/mol. The second kappa shape index (κ2) is 9.29. The van der Waals surface area contributed by atoms with Crippen molar-refractivity contribution in [3.63, 3.8) is 0 Å². The maximum atomic E-state index is 12.7. The van der Waals surface area contributed by atoms with Crippen LogP contribution in [0.15, 0.2) is 28.3 Å². The first-order valence-electron chi connectivity index (χ1n) is 10.2. The topological polar surface area (TPSA) is 98.9 Å². The Bertz CT molecular complexity index is 1050. The van der Waals surface area contributed by atoms with Gasteiger partial charge < -0.3 is 15.2 Å². The molecule has 1 aliphatic heterocycles. The summed E-state index contributed by atoms with van der Waals surface area (Å²) in [5.41, 5.74) is 8.22. The zero-order chi connectivity index (χ0) is 23.6. The van der Waals surface area contributed by atoms with Crippen LogP contribution in [-0.4, -0.2) is 83.4 Å². The van der Waals surface area contributed by atoms with Crippen LogP contribution in [0.1, 0.15) is 40.1 Å². The molecule has 1 fully saturated rings. The number of carbonyl (C=O) groups is 1. The van der Waals surface area contributed by atoms with E-state index in [4.69, 9.17) is 5.73 Å². The number of hydrogen-bond acceptors (Lipinski definition) is 4. The third-order valence-electron chi connectivity index (χ3n) is 5.89. The third-order valence-corrected chi connectivity index (χ3v) is 5.89. The summed E-state index contributed by atoms with van der Waals surface area (Å²) in [5.74, 6) is -0.688. The van der Waals surface area contributed by atoms with Gasteiger partial charge >= 0.3 is 12.1 Å². The molecule has 2 aromatic heterocycles. The number of aromatic carboxylic acids is 1. The molecule has 1 saturated heterocycles. The van der Waals surface area contributed by atoms with E-state index >= 15 is 0 Å². The number of halogens is 3. The Hall–Kier alpha value is -2.92. The van der Waals surface area contributed by atoms with Crippen LogP contribution < -0.4 is 5.73 Å². The summed E-state index contributed by atoms with van der Waals surface area (Å²) < 4.78 is 40.1. The van der Waals surface area contributed by atoms with Crippen molar-refractivity contribution >= 4 is 23.7 Å². The van der Waals surface area contributed by atoms with Crippen molar-refractivity contribution in [3.05, 3.63) is 40.7 Å². The summed E-state index contributed by atoms with van der Waals surface area (Å²) >= 11 is 0. The lowest BCUT2D eigenvalue weighted by atomic mass is 10.0. The van der Waals surface area contributed by atoms with E-state index in [1.165, 1.54) is 4.90 Å². The number of nitrogens with zero attached hydrogens (tertiary/aromatic N) is 5. The number of aromatic nitrogens is 1. The summed E-state index contributed by atoms with van der Waals surface area (Å²) in [6, 6.07) is 3.17. The molecule has 0 bridgehead atoms. The number of piperazine rings is 1. The smallest absolute Gasteiger partial charge is 0.401 e. The molecule has 3 rings (SSSR count). The number of amidine groups is 1.